The van der Waals surface area contributed by atoms with Gasteiger partial charge in [-0.25, -0.2) is 0 Å². The summed E-state index contributed by atoms with van der Waals surface area (Å²) in [4.78, 5) is 22.8. The van der Waals surface area contributed by atoms with E-state index in [4.69, 9.17) is 5.11 Å². The van der Waals surface area contributed by atoms with E-state index in [1.165, 1.54) is 0 Å². The SMILES string of the molecule is CCCCC(C)(C)C(O)/C=C/[C@H]1[C@H](O)CC(=O)[C@@H]1CCCCCCC(=O)O. The molecule has 1 saturated carbocycles. The number of carboxylic acids is 1. The first-order chi connectivity index (χ1) is 12.7. The van der Waals surface area contributed by atoms with Crippen LogP contribution in [0.5, 0.6) is 0 Å². The Balaban J connectivity index is 2.55. The Labute approximate surface area is 163 Å². The second kappa shape index (κ2) is 11.6. The van der Waals surface area contributed by atoms with Gasteiger partial charge in [0.25, 0.3) is 0 Å². The van der Waals surface area contributed by atoms with E-state index in [1.54, 1.807) is 6.08 Å². The number of rotatable bonds is 13. The molecule has 5 heteroatoms. The molecule has 1 aliphatic rings. The Bertz CT molecular complexity index is 497. The van der Waals surface area contributed by atoms with E-state index in [2.05, 4.69) is 6.92 Å². The average molecular weight is 383 g/mol. The van der Waals surface area contributed by atoms with Crippen LogP contribution < -0.4 is 0 Å². The van der Waals surface area contributed by atoms with Crippen LogP contribution in [0.2, 0.25) is 0 Å². The van der Waals surface area contributed by atoms with Crippen molar-refractivity contribution in [1.82, 2.24) is 0 Å². The number of aliphatic carboxylic acids is 1. The summed E-state index contributed by atoms with van der Waals surface area (Å²) in [6.07, 6.45) is 9.80. The van der Waals surface area contributed by atoms with Crippen molar-refractivity contribution < 1.29 is 24.9 Å². The molecule has 27 heavy (non-hydrogen) atoms. The van der Waals surface area contributed by atoms with Gasteiger partial charge in [-0.1, -0.05) is 65.0 Å². The van der Waals surface area contributed by atoms with Crippen LogP contribution in [0.3, 0.4) is 0 Å². The van der Waals surface area contributed by atoms with Crippen molar-refractivity contribution >= 4 is 11.8 Å². The first-order valence-corrected chi connectivity index (χ1v) is 10.5. The van der Waals surface area contributed by atoms with Gasteiger partial charge >= 0.3 is 5.97 Å². The molecule has 1 unspecified atom stereocenters. The molecule has 0 aromatic carbocycles. The van der Waals surface area contributed by atoms with Crippen molar-refractivity contribution in [1.29, 1.82) is 0 Å². The molecule has 156 valence electrons. The summed E-state index contributed by atoms with van der Waals surface area (Å²) in [7, 11) is 0. The zero-order valence-electron chi connectivity index (χ0n) is 17.2. The summed E-state index contributed by atoms with van der Waals surface area (Å²) in [6.45, 7) is 6.22. The highest BCUT2D eigenvalue weighted by molar-refractivity contribution is 5.84. The second-order valence-corrected chi connectivity index (χ2v) is 8.69. The minimum atomic E-state index is -0.769. The molecule has 4 atom stereocenters. The molecule has 1 aliphatic carbocycles. The van der Waals surface area contributed by atoms with Crippen LogP contribution in [0.1, 0.15) is 85.0 Å². The monoisotopic (exact) mass is 382 g/mol. The zero-order chi connectivity index (χ0) is 20.4. The smallest absolute Gasteiger partial charge is 0.303 e. The largest absolute Gasteiger partial charge is 0.481 e. The number of aliphatic hydroxyl groups excluding tert-OH is 2. The number of hydrogen-bond donors (Lipinski definition) is 3. The summed E-state index contributed by atoms with van der Waals surface area (Å²) >= 11 is 0. The van der Waals surface area contributed by atoms with Crippen molar-refractivity contribution in [2.45, 2.75) is 97.2 Å². The van der Waals surface area contributed by atoms with Crippen LogP contribution in [0, 0.1) is 17.3 Å². The lowest BCUT2D eigenvalue weighted by molar-refractivity contribution is -0.137. The van der Waals surface area contributed by atoms with Crippen LogP contribution in [0.15, 0.2) is 12.2 Å². The molecule has 0 spiro atoms. The Morgan fingerprint density at radius 3 is 2.52 bits per heavy atom. The maximum absolute atomic E-state index is 12.3. The molecule has 0 saturated heterocycles. The molecular formula is C22H38O5. The fourth-order valence-corrected chi connectivity index (χ4v) is 3.86. The van der Waals surface area contributed by atoms with Crippen molar-refractivity contribution in [2.24, 2.45) is 17.3 Å². The van der Waals surface area contributed by atoms with E-state index in [0.717, 1.165) is 38.5 Å². The molecule has 0 bridgehead atoms. The highest BCUT2D eigenvalue weighted by Gasteiger charge is 2.39. The van der Waals surface area contributed by atoms with Crippen molar-refractivity contribution in [2.75, 3.05) is 0 Å². The molecule has 1 rings (SSSR count). The van der Waals surface area contributed by atoms with E-state index in [-0.39, 0.29) is 35.9 Å². The van der Waals surface area contributed by atoms with Gasteiger partial charge in [-0.15, -0.1) is 0 Å². The summed E-state index contributed by atoms with van der Waals surface area (Å²) in [5.74, 6) is -1.09. The standard InChI is InChI=1S/C22H38O5/c1-4-5-14-22(2,3)20(25)13-12-17-16(18(23)15-19(17)24)10-8-6-7-9-11-21(26)27/h12-13,16-17,19-20,24-25H,4-11,14-15H2,1-3H3,(H,26,27)/b13-12+/t16-,17-,19-,20?/m1/s1. The third kappa shape index (κ3) is 8.14. The summed E-state index contributed by atoms with van der Waals surface area (Å²) in [5.41, 5.74) is -0.223. The highest BCUT2D eigenvalue weighted by Crippen LogP contribution is 2.35. The van der Waals surface area contributed by atoms with Gasteiger partial charge in [0.2, 0.25) is 0 Å². The van der Waals surface area contributed by atoms with Gasteiger partial charge < -0.3 is 15.3 Å². The molecule has 0 aromatic heterocycles. The lowest BCUT2D eigenvalue weighted by Crippen LogP contribution is -2.28. The third-order valence-electron chi connectivity index (χ3n) is 5.88. The van der Waals surface area contributed by atoms with E-state index in [0.29, 0.717) is 12.8 Å². The topological polar surface area (TPSA) is 94.8 Å². The van der Waals surface area contributed by atoms with Crippen molar-refractivity contribution in [3.8, 4) is 0 Å². The molecular weight excluding hydrogens is 344 g/mol. The Kier molecular flexibility index (Phi) is 10.2. The number of carboxylic acid groups (broad SMARTS) is 1. The van der Waals surface area contributed by atoms with Crippen LogP contribution in [-0.4, -0.2) is 39.3 Å². The molecule has 0 amide bonds. The second-order valence-electron chi connectivity index (χ2n) is 8.69. The third-order valence-corrected chi connectivity index (χ3v) is 5.88. The van der Waals surface area contributed by atoms with Gasteiger partial charge in [-0.2, -0.15) is 0 Å². The lowest BCUT2D eigenvalue weighted by Gasteiger charge is -2.29. The summed E-state index contributed by atoms with van der Waals surface area (Å²) in [6, 6.07) is 0. The maximum Gasteiger partial charge on any atom is 0.303 e. The normalized spacial score (nSPS) is 24.6. The maximum atomic E-state index is 12.3. The first kappa shape index (κ1) is 23.8. The number of carbonyl (C=O) groups is 2. The Morgan fingerprint density at radius 1 is 1.22 bits per heavy atom. The van der Waals surface area contributed by atoms with Crippen LogP contribution in [0.25, 0.3) is 0 Å². The fourth-order valence-electron chi connectivity index (χ4n) is 3.86. The summed E-state index contributed by atoms with van der Waals surface area (Å²) < 4.78 is 0. The average Bonchev–Trinajstić information content (AvgIpc) is 2.86. The minimum absolute atomic E-state index is 0.0995. The quantitative estimate of drug-likeness (QED) is 0.329. The number of hydrogen-bond acceptors (Lipinski definition) is 4. The van der Waals surface area contributed by atoms with Crippen LogP contribution >= 0.6 is 0 Å². The van der Waals surface area contributed by atoms with Gasteiger partial charge in [0.05, 0.1) is 12.2 Å². The van der Waals surface area contributed by atoms with Gasteiger partial charge in [0, 0.05) is 24.7 Å². The Morgan fingerprint density at radius 2 is 1.89 bits per heavy atom. The predicted molar refractivity (Wildman–Crippen MR) is 106 cm³/mol. The molecule has 0 radical (unpaired) electrons. The number of unbranched alkanes of at least 4 members (excludes halogenated alkanes) is 4. The molecule has 3 N–H and O–H groups in total. The van der Waals surface area contributed by atoms with Crippen molar-refractivity contribution in [3.63, 3.8) is 0 Å². The lowest BCUT2D eigenvalue weighted by atomic mass is 9.80. The zero-order valence-corrected chi connectivity index (χ0v) is 17.2. The molecule has 5 nitrogen and oxygen atoms in total. The van der Waals surface area contributed by atoms with Gasteiger partial charge in [-0.05, 0) is 24.7 Å². The van der Waals surface area contributed by atoms with E-state index in [1.807, 2.05) is 19.9 Å². The molecule has 0 heterocycles. The van der Waals surface area contributed by atoms with E-state index < -0.39 is 18.2 Å². The van der Waals surface area contributed by atoms with Crippen molar-refractivity contribution in [3.05, 3.63) is 12.2 Å². The van der Waals surface area contributed by atoms with Crippen LogP contribution in [0.4, 0.5) is 0 Å². The fraction of sp³-hybridized carbons (Fsp3) is 0.818. The molecule has 1 fully saturated rings. The number of carbonyl (C=O) groups excluding carboxylic acids is 1. The van der Waals surface area contributed by atoms with Crippen LogP contribution in [-0.2, 0) is 9.59 Å². The first-order valence-electron chi connectivity index (χ1n) is 10.5. The highest BCUT2D eigenvalue weighted by atomic mass is 16.4. The molecule has 0 aliphatic heterocycles. The van der Waals surface area contributed by atoms with Gasteiger partial charge in [-0.3, -0.25) is 9.59 Å². The van der Waals surface area contributed by atoms with Gasteiger partial charge in [0.1, 0.15) is 5.78 Å². The Hall–Kier alpha value is -1.20. The number of ketones is 1. The van der Waals surface area contributed by atoms with E-state index >= 15 is 0 Å². The van der Waals surface area contributed by atoms with E-state index in [9.17, 15) is 19.8 Å². The predicted octanol–water partition coefficient (Wildman–Crippen LogP) is 4.11. The number of aliphatic hydroxyl groups is 2. The minimum Gasteiger partial charge on any atom is -0.481 e. The number of Topliss-reactive ketones (excluding diaryl/α,β-unsaturated/α-hetero) is 1. The summed E-state index contributed by atoms with van der Waals surface area (Å²) in [5, 5.41) is 29.4. The molecule has 0 aromatic rings. The van der Waals surface area contributed by atoms with Gasteiger partial charge in [0.15, 0.2) is 0 Å².